The number of aromatic nitrogens is 2. The molecule has 0 aliphatic carbocycles. The average molecular weight is 261 g/mol. The lowest BCUT2D eigenvalue weighted by Gasteiger charge is -2.08. The third-order valence-corrected chi connectivity index (χ3v) is 2.56. The Bertz CT molecular complexity index is 635. The summed E-state index contributed by atoms with van der Waals surface area (Å²) in [6.07, 6.45) is 0. The van der Waals surface area contributed by atoms with Gasteiger partial charge in [-0.3, -0.25) is 5.10 Å². The summed E-state index contributed by atoms with van der Waals surface area (Å²) >= 11 is 4.85. The number of carboxylic acids is 1. The van der Waals surface area contributed by atoms with Gasteiger partial charge in [0, 0.05) is 5.69 Å². The molecule has 1 aromatic carbocycles. The molecule has 0 saturated carbocycles. The van der Waals surface area contributed by atoms with Crippen molar-refractivity contribution in [2.45, 2.75) is 6.92 Å². The molecule has 0 aliphatic heterocycles. The number of aryl methyl sites for hydroxylation is 1. The molecule has 0 spiro atoms. The van der Waals surface area contributed by atoms with Gasteiger partial charge >= 0.3 is 5.97 Å². The normalized spacial score (nSPS) is 10.1. The SMILES string of the molecule is Cc1ccc(Nc2n[nH]c(=S)cc2C(=O)O)cc1. The molecule has 0 saturated heterocycles. The molecule has 0 amide bonds. The number of benzene rings is 1. The molecule has 3 N–H and O–H groups in total. The van der Waals surface area contributed by atoms with Crippen molar-refractivity contribution in [1.82, 2.24) is 10.2 Å². The van der Waals surface area contributed by atoms with Crippen LogP contribution in [0.15, 0.2) is 30.3 Å². The van der Waals surface area contributed by atoms with Crippen molar-refractivity contribution >= 4 is 29.7 Å². The number of rotatable bonds is 3. The second-order valence-electron chi connectivity index (χ2n) is 3.79. The van der Waals surface area contributed by atoms with E-state index in [2.05, 4.69) is 15.5 Å². The predicted molar refractivity (Wildman–Crippen MR) is 70.8 cm³/mol. The van der Waals surface area contributed by atoms with Crippen LogP contribution < -0.4 is 5.32 Å². The number of hydrogen-bond acceptors (Lipinski definition) is 4. The molecule has 2 rings (SSSR count). The molecule has 5 nitrogen and oxygen atoms in total. The monoisotopic (exact) mass is 261 g/mol. The predicted octanol–water partition coefficient (Wildman–Crippen LogP) is 2.89. The summed E-state index contributed by atoms with van der Waals surface area (Å²) in [4.78, 5) is 11.1. The van der Waals surface area contributed by atoms with Gasteiger partial charge in [-0.25, -0.2) is 4.79 Å². The average Bonchev–Trinajstić information content (AvgIpc) is 2.34. The van der Waals surface area contributed by atoms with E-state index >= 15 is 0 Å². The van der Waals surface area contributed by atoms with Gasteiger partial charge in [-0.1, -0.05) is 29.9 Å². The van der Waals surface area contributed by atoms with Gasteiger partial charge < -0.3 is 10.4 Å². The number of nitrogens with one attached hydrogen (secondary N) is 2. The molecule has 1 aromatic heterocycles. The van der Waals surface area contributed by atoms with E-state index in [-0.39, 0.29) is 16.0 Å². The van der Waals surface area contributed by atoms with Gasteiger partial charge in [0.05, 0.1) is 0 Å². The lowest BCUT2D eigenvalue weighted by atomic mass is 10.2. The van der Waals surface area contributed by atoms with Crippen LogP contribution in [0.25, 0.3) is 0 Å². The van der Waals surface area contributed by atoms with Crippen molar-refractivity contribution in [3.8, 4) is 0 Å². The van der Waals surface area contributed by atoms with E-state index < -0.39 is 5.97 Å². The first-order valence-corrected chi connectivity index (χ1v) is 5.64. The van der Waals surface area contributed by atoms with Crippen LogP contribution in [0.3, 0.4) is 0 Å². The standard InChI is InChI=1S/C12H11N3O2S/c1-7-2-4-8(5-3-7)13-11-9(12(16)17)6-10(18)14-15-11/h2-6H,1H3,(H,13,15)(H,14,18)(H,16,17). The third kappa shape index (κ3) is 2.72. The number of nitrogens with zero attached hydrogens (tertiary/aromatic N) is 1. The minimum atomic E-state index is -1.07. The fraction of sp³-hybridized carbons (Fsp3) is 0.0833. The van der Waals surface area contributed by atoms with Crippen LogP contribution in [-0.2, 0) is 0 Å². The quantitative estimate of drug-likeness (QED) is 0.740. The third-order valence-electron chi connectivity index (χ3n) is 2.35. The van der Waals surface area contributed by atoms with Gasteiger partial charge in [0.15, 0.2) is 5.82 Å². The van der Waals surface area contributed by atoms with Crippen LogP contribution in [0, 0.1) is 11.6 Å². The Kier molecular flexibility index (Phi) is 3.38. The summed E-state index contributed by atoms with van der Waals surface area (Å²) in [5.41, 5.74) is 1.93. The Morgan fingerprint density at radius 3 is 2.67 bits per heavy atom. The van der Waals surface area contributed by atoms with Crippen molar-refractivity contribution in [2.24, 2.45) is 0 Å². The smallest absolute Gasteiger partial charge is 0.339 e. The first kappa shape index (κ1) is 12.3. The number of hydrogen-bond donors (Lipinski definition) is 3. The maximum atomic E-state index is 11.1. The molecule has 18 heavy (non-hydrogen) atoms. The lowest BCUT2D eigenvalue weighted by Crippen LogP contribution is -2.06. The van der Waals surface area contributed by atoms with E-state index in [1.807, 2.05) is 31.2 Å². The van der Waals surface area contributed by atoms with Gasteiger partial charge in [0.1, 0.15) is 10.2 Å². The van der Waals surface area contributed by atoms with Crippen LogP contribution >= 0.6 is 12.2 Å². The Morgan fingerprint density at radius 1 is 1.39 bits per heavy atom. The van der Waals surface area contributed by atoms with Crippen molar-refractivity contribution in [2.75, 3.05) is 5.32 Å². The van der Waals surface area contributed by atoms with Crippen LogP contribution in [0.5, 0.6) is 0 Å². The van der Waals surface area contributed by atoms with E-state index in [1.165, 1.54) is 6.07 Å². The molecule has 0 fully saturated rings. The number of anilines is 2. The molecular weight excluding hydrogens is 250 g/mol. The lowest BCUT2D eigenvalue weighted by molar-refractivity contribution is 0.0697. The van der Waals surface area contributed by atoms with E-state index in [1.54, 1.807) is 0 Å². The molecule has 2 aromatic rings. The first-order chi connectivity index (χ1) is 8.56. The highest BCUT2D eigenvalue weighted by molar-refractivity contribution is 7.71. The Morgan fingerprint density at radius 2 is 2.06 bits per heavy atom. The summed E-state index contributed by atoms with van der Waals surface area (Å²) in [5, 5.41) is 18.5. The highest BCUT2D eigenvalue weighted by Crippen LogP contribution is 2.18. The molecule has 0 bridgehead atoms. The second kappa shape index (κ2) is 4.97. The largest absolute Gasteiger partial charge is 0.478 e. The summed E-state index contributed by atoms with van der Waals surface area (Å²) in [6.45, 7) is 1.98. The second-order valence-corrected chi connectivity index (χ2v) is 4.23. The number of H-pyrrole nitrogens is 1. The number of aromatic amines is 1. The molecular formula is C12H11N3O2S. The van der Waals surface area contributed by atoms with Crippen LogP contribution in [0.1, 0.15) is 15.9 Å². The van der Waals surface area contributed by atoms with E-state index in [9.17, 15) is 4.79 Å². The maximum absolute atomic E-state index is 11.1. The van der Waals surface area contributed by atoms with Gasteiger partial charge in [-0.05, 0) is 25.1 Å². The Labute approximate surface area is 108 Å². The molecule has 0 aliphatic rings. The highest BCUT2D eigenvalue weighted by Gasteiger charge is 2.11. The molecule has 1 heterocycles. The van der Waals surface area contributed by atoms with Crippen molar-refractivity contribution in [1.29, 1.82) is 0 Å². The van der Waals surface area contributed by atoms with Gasteiger partial charge in [0.25, 0.3) is 0 Å². The fourth-order valence-corrected chi connectivity index (χ4v) is 1.60. The Balaban J connectivity index is 2.37. The topological polar surface area (TPSA) is 78.0 Å². The first-order valence-electron chi connectivity index (χ1n) is 5.23. The molecule has 0 unspecified atom stereocenters. The highest BCUT2D eigenvalue weighted by atomic mass is 32.1. The molecule has 0 radical (unpaired) electrons. The number of carbonyl (C=O) groups is 1. The summed E-state index contributed by atoms with van der Waals surface area (Å²) in [5.74, 6) is -0.836. The zero-order valence-electron chi connectivity index (χ0n) is 9.60. The van der Waals surface area contributed by atoms with Crippen LogP contribution in [-0.4, -0.2) is 21.3 Å². The van der Waals surface area contributed by atoms with E-state index in [0.29, 0.717) is 0 Å². The van der Waals surface area contributed by atoms with E-state index in [0.717, 1.165) is 11.3 Å². The Hall–Kier alpha value is -2.21. The van der Waals surface area contributed by atoms with Crippen LogP contribution in [0.4, 0.5) is 11.5 Å². The van der Waals surface area contributed by atoms with Gasteiger partial charge in [-0.2, -0.15) is 5.10 Å². The van der Waals surface area contributed by atoms with Crippen molar-refractivity contribution in [3.05, 3.63) is 46.1 Å². The molecule has 6 heteroatoms. The van der Waals surface area contributed by atoms with Gasteiger partial charge in [0.2, 0.25) is 0 Å². The summed E-state index contributed by atoms with van der Waals surface area (Å²) in [6, 6.07) is 8.91. The minimum absolute atomic E-state index is 0.0410. The summed E-state index contributed by atoms with van der Waals surface area (Å²) in [7, 11) is 0. The number of carboxylic acid groups (broad SMARTS) is 1. The van der Waals surface area contributed by atoms with Gasteiger partial charge in [-0.15, -0.1) is 0 Å². The minimum Gasteiger partial charge on any atom is -0.478 e. The van der Waals surface area contributed by atoms with E-state index in [4.69, 9.17) is 17.3 Å². The number of aromatic carboxylic acids is 1. The van der Waals surface area contributed by atoms with Crippen molar-refractivity contribution in [3.63, 3.8) is 0 Å². The fourth-order valence-electron chi connectivity index (χ4n) is 1.43. The molecule has 0 atom stereocenters. The zero-order valence-corrected chi connectivity index (χ0v) is 10.4. The van der Waals surface area contributed by atoms with Crippen LogP contribution in [0.2, 0.25) is 0 Å². The molecule has 92 valence electrons. The summed E-state index contributed by atoms with van der Waals surface area (Å²) < 4.78 is 0.279. The maximum Gasteiger partial charge on any atom is 0.339 e. The van der Waals surface area contributed by atoms with Crippen molar-refractivity contribution < 1.29 is 9.90 Å². The zero-order chi connectivity index (χ0) is 13.1.